The molecule has 1 aliphatic rings. The quantitative estimate of drug-likeness (QED) is 0.849. The smallest absolute Gasteiger partial charge is 0.182 e. The highest BCUT2D eigenvalue weighted by molar-refractivity contribution is 5.81. The molecule has 0 aliphatic heterocycles. The van der Waals surface area contributed by atoms with E-state index in [0.29, 0.717) is 5.65 Å². The molecule has 3 rings (SSSR count). The van der Waals surface area contributed by atoms with Crippen LogP contribution in [0.4, 0.5) is 5.82 Å². The summed E-state index contributed by atoms with van der Waals surface area (Å²) in [5.41, 5.74) is 1.86. The van der Waals surface area contributed by atoms with Crippen LogP contribution in [0.2, 0.25) is 0 Å². The Hall–Kier alpha value is -1.69. The summed E-state index contributed by atoms with van der Waals surface area (Å²) in [6.45, 7) is 0.908. The number of rotatable bonds is 4. The monoisotopic (exact) mass is 246 g/mol. The fourth-order valence-corrected chi connectivity index (χ4v) is 2.51. The van der Waals surface area contributed by atoms with Gasteiger partial charge in [-0.15, -0.1) is 0 Å². The first kappa shape index (κ1) is 11.4. The summed E-state index contributed by atoms with van der Waals surface area (Å²) >= 11 is 0. The minimum atomic E-state index is 0.275. The Morgan fingerprint density at radius 3 is 2.83 bits per heavy atom. The van der Waals surface area contributed by atoms with Gasteiger partial charge in [0.2, 0.25) is 0 Å². The fraction of sp³-hybridized carbons (Fsp3) is 0.583. The van der Waals surface area contributed by atoms with Gasteiger partial charge in [0.1, 0.15) is 11.8 Å². The van der Waals surface area contributed by atoms with E-state index in [4.69, 9.17) is 0 Å². The van der Waals surface area contributed by atoms with Gasteiger partial charge in [-0.05, 0) is 33.4 Å². The van der Waals surface area contributed by atoms with E-state index in [9.17, 15) is 0 Å². The Bertz CT molecular complexity index is 542. The Balaban J connectivity index is 1.79. The first-order valence-electron chi connectivity index (χ1n) is 6.27. The summed E-state index contributed by atoms with van der Waals surface area (Å²) in [6, 6.07) is 0. The maximum Gasteiger partial charge on any atom is 0.182 e. The van der Waals surface area contributed by atoms with Gasteiger partial charge in [-0.3, -0.25) is 0 Å². The highest BCUT2D eigenvalue weighted by Gasteiger charge is 2.38. The minimum Gasteiger partial charge on any atom is -0.366 e. The molecule has 0 bridgehead atoms. The van der Waals surface area contributed by atoms with Gasteiger partial charge < -0.3 is 15.2 Å². The van der Waals surface area contributed by atoms with Crippen molar-refractivity contribution in [3.8, 4) is 0 Å². The van der Waals surface area contributed by atoms with Crippen LogP contribution in [-0.4, -0.2) is 51.0 Å². The number of fused-ring (bicyclic) bond motifs is 1. The molecule has 1 aliphatic carbocycles. The van der Waals surface area contributed by atoms with Crippen molar-refractivity contribution in [3.63, 3.8) is 0 Å². The summed E-state index contributed by atoms with van der Waals surface area (Å²) in [5.74, 6) is 0.839. The van der Waals surface area contributed by atoms with Gasteiger partial charge in [0.25, 0.3) is 0 Å². The maximum atomic E-state index is 4.29. The Labute approximate surface area is 106 Å². The first-order valence-corrected chi connectivity index (χ1v) is 6.27. The van der Waals surface area contributed by atoms with E-state index in [1.165, 1.54) is 19.3 Å². The zero-order valence-electron chi connectivity index (χ0n) is 10.8. The van der Waals surface area contributed by atoms with E-state index in [2.05, 4.69) is 44.2 Å². The van der Waals surface area contributed by atoms with E-state index in [0.717, 1.165) is 17.9 Å². The third-order valence-electron chi connectivity index (χ3n) is 4.04. The molecule has 18 heavy (non-hydrogen) atoms. The summed E-state index contributed by atoms with van der Waals surface area (Å²) < 4.78 is 0. The van der Waals surface area contributed by atoms with E-state index in [1.54, 1.807) is 12.7 Å². The number of aromatic amines is 1. The van der Waals surface area contributed by atoms with Gasteiger partial charge in [-0.2, -0.15) is 0 Å². The number of nitrogens with one attached hydrogen (secondary N) is 2. The van der Waals surface area contributed by atoms with Gasteiger partial charge in [0, 0.05) is 12.1 Å². The lowest BCUT2D eigenvalue weighted by atomic mass is 9.75. The van der Waals surface area contributed by atoms with Gasteiger partial charge in [-0.25, -0.2) is 15.0 Å². The SMILES string of the molecule is CN(C)C1(CNc2ncnc3nc[nH]c23)CCC1. The van der Waals surface area contributed by atoms with Crippen LogP contribution in [0.5, 0.6) is 0 Å². The predicted octanol–water partition coefficient (Wildman–Crippen LogP) is 1.25. The maximum absolute atomic E-state index is 4.29. The molecule has 6 nitrogen and oxygen atoms in total. The molecular weight excluding hydrogens is 228 g/mol. The van der Waals surface area contributed by atoms with Gasteiger partial charge >= 0.3 is 0 Å². The number of likely N-dealkylation sites (N-methyl/N-ethyl adjacent to an activating group) is 1. The van der Waals surface area contributed by atoms with Crippen LogP contribution in [0.1, 0.15) is 19.3 Å². The molecule has 0 spiro atoms. The molecule has 2 N–H and O–H groups in total. The molecule has 0 saturated heterocycles. The number of aromatic nitrogens is 4. The molecule has 0 unspecified atom stereocenters. The summed E-state index contributed by atoms with van der Waals surface area (Å²) in [6.07, 6.45) is 6.99. The largest absolute Gasteiger partial charge is 0.366 e. The van der Waals surface area contributed by atoms with Crippen LogP contribution in [0.25, 0.3) is 11.2 Å². The fourth-order valence-electron chi connectivity index (χ4n) is 2.51. The lowest BCUT2D eigenvalue weighted by Crippen LogP contribution is -2.54. The molecule has 96 valence electrons. The highest BCUT2D eigenvalue weighted by atomic mass is 15.2. The molecule has 2 heterocycles. The summed E-state index contributed by atoms with van der Waals surface area (Å²) in [7, 11) is 4.29. The minimum absolute atomic E-state index is 0.275. The van der Waals surface area contributed by atoms with Gasteiger partial charge in [0.05, 0.1) is 6.33 Å². The van der Waals surface area contributed by atoms with Crippen LogP contribution in [0.3, 0.4) is 0 Å². The van der Waals surface area contributed by atoms with Crippen molar-refractivity contribution in [3.05, 3.63) is 12.7 Å². The van der Waals surface area contributed by atoms with Crippen molar-refractivity contribution in [1.29, 1.82) is 0 Å². The Morgan fingerprint density at radius 2 is 2.17 bits per heavy atom. The topological polar surface area (TPSA) is 69.7 Å². The van der Waals surface area contributed by atoms with Crippen molar-refractivity contribution in [2.75, 3.05) is 26.0 Å². The van der Waals surface area contributed by atoms with Gasteiger partial charge in [0.15, 0.2) is 11.5 Å². The van der Waals surface area contributed by atoms with Crippen molar-refractivity contribution < 1.29 is 0 Å². The molecule has 6 heteroatoms. The standard InChI is InChI=1S/C12H18N6/c1-18(2)12(4-3-5-12)6-13-10-9-11(15-7-14-9)17-8-16-10/h7-8H,3-6H2,1-2H3,(H2,13,14,15,16,17). The lowest BCUT2D eigenvalue weighted by molar-refractivity contribution is 0.0738. The van der Waals surface area contributed by atoms with E-state index in [-0.39, 0.29) is 5.54 Å². The van der Waals surface area contributed by atoms with Crippen molar-refractivity contribution in [2.24, 2.45) is 0 Å². The number of hydrogen-bond acceptors (Lipinski definition) is 5. The van der Waals surface area contributed by atoms with Crippen LogP contribution >= 0.6 is 0 Å². The van der Waals surface area contributed by atoms with E-state index in [1.807, 2.05) is 0 Å². The number of imidazole rings is 1. The van der Waals surface area contributed by atoms with Crippen LogP contribution < -0.4 is 5.32 Å². The third-order valence-corrected chi connectivity index (χ3v) is 4.04. The van der Waals surface area contributed by atoms with Crippen LogP contribution in [0.15, 0.2) is 12.7 Å². The molecule has 0 radical (unpaired) electrons. The highest BCUT2D eigenvalue weighted by Crippen LogP contribution is 2.36. The molecule has 2 aromatic heterocycles. The van der Waals surface area contributed by atoms with E-state index < -0.39 is 0 Å². The molecule has 1 saturated carbocycles. The molecule has 0 aromatic carbocycles. The second-order valence-electron chi connectivity index (χ2n) is 5.15. The summed E-state index contributed by atoms with van der Waals surface area (Å²) in [5, 5.41) is 3.43. The average molecular weight is 246 g/mol. The third kappa shape index (κ3) is 1.73. The number of hydrogen-bond donors (Lipinski definition) is 2. The average Bonchev–Trinajstić information content (AvgIpc) is 2.75. The van der Waals surface area contributed by atoms with E-state index >= 15 is 0 Å². The zero-order valence-corrected chi connectivity index (χ0v) is 10.8. The predicted molar refractivity (Wildman–Crippen MR) is 70.4 cm³/mol. The van der Waals surface area contributed by atoms with Gasteiger partial charge in [-0.1, -0.05) is 0 Å². The second-order valence-corrected chi connectivity index (χ2v) is 5.15. The zero-order chi connectivity index (χ0) is 12.6. The van der Waals surface area contributed by atoms with Crippen molar-refractivity contribution >= 4 is 17.0 Å². The summed E-state index contributed by atoms with van der Waals surface area (Å²) in [4.78, 5) is 17.9. The van der Waals surface area contributed by atoms with Crippen LogP contribution in [0, 0.1) is 0 Å². The molecular formula is C12H18N6. The number of anilines is 1. The lowest BCUT2D eigenvalue weighted by Gasteiger charge is -2.47. The van der Waals surface area contributed by atoms with Crippen LogP contribution in [-0.2, 0) is 0 Å². The number of nitrogens with zero attached hydrogens (tertiary/aromatic N) is 4. The molecule has 0 atom stereocenters. The Kier molecular flexibility index (Phi) is 2.66. The van der Waals surface area contributed by atoms with Crippen molar-refractivity contribution in [2.45, 2.75) is 24.8 Å². The van der Waals surface area contributed by atoms with Crippen molar-refractivity contribution in [1.82, 2.24) is 24.8 Å². The normalized spacial score (nSPS) is 17.9. The molecule has 0 amide bonds. The molecule has 2 aromatic rings. The number of H-pyrrole nitrogens is 1. The Morgan fingerprint density at radius 1 is 1.33 bits per heavy atom. The molecule has 1 fully saturated rings. The second kappa shape index (κ2) is 4.20. The first-order chi connectivity index (χ1) is 8.71.